The fraction of sp³-hybridized carbons (Fsp3) is 0. The van der Waals surface area contributed by atoms with Gasteiger partial charge in [-0.05, 0) is 24.3 Å². The van der Waals surface area contributed by atoms with Crippen LogP contribution < -0.4 is 11.1 Å². The van der Waals surface area contributed by atoms with Crippen LogP contribution in [-0.2, 0) is 0 Å². The van der Waals surface area contributed by atoms with Crippen molar-refractivity contribution in [1.82, 2.24) is 0 Å². The molecule has 0 aliphatic rings. The van der Waals surface area contributed by atoms with Gasteiger partial charge < -0.3 is 11.1 Å². The highest BCUT2D eigenvalue weighted by Crippen LogP contribution is 2.19. The van der Waals surface area contributed by atoms with Crippen molar-refractivity contribution in [2.45, 2.75) is 0 Å². The molecule has 0 aliphatic carbocycles. The molecule has 0 heterocycles. The second kappa shape index (κ2) is 4.62. The molecular weight excluding hydrogens is 205 g/mol. The third-order valence-corrected chi connectivity index (χ3v) is 1.72. The lowest BCUT2D eigenvalue weighted by Crippen LogP contribution is -2.05. The molecule has 0 fully saturated rings. The standard InChI is InChI=1S/C9H9ClFN3/c10-7-5-6(1-2-8(7)11)14-4-3-9(12)13/h1-5,14H,(H3,12,13)/b4-3-. The van der Waals surface area contributed by atoms with Gasteiger partial charge in [0.25, 0.3) is 0 Å². The highest BCUT2D eigenvalue weighted by molar-refractivity contribution is 6.31. The SMILES string of the molecule is N=C(N)/C=C\Nc1ccc(F)c(Cl)c1. The monoisotopic (exact) mass is 213 g/mol. The van der Waals surface area contributed by atoms with E-state index in [1.165, 1.54) is 30.5 Å². The van der Waals surface area contributed by atoms with Gasteiger partial charge in [-0.15, -0.1) is 0 Å². The minimum Gasteiger partial charge on any atom is -0.384 e. The van der Waals surface area contributed by atoms with Gasteiger partial charge in [-0.3, -0.25) is 5.41 Å². The summed E-state index contributed by atoms with van der Waals surface area (Å²) in [6, 6.07) is 4.24. The number of nitrogens with one attached hydrogen (secondary N) is 2. The molecule has 0 bridgehead atoms. The van der Waals surface area contributed by atoms with Gasteiger partial charge in [-0.2, -0.15) is 0 Å². The Morgan fingerprint density at radius 3 is 2.86 bits per heavy atom. The molecule has 3 nitrogen and oxygen atoms in total. The summed E-state index contributed by atoms with van der Waals surface area (Å²) in [5.74, 6) is -0.529. The molecular formula is C9H9ClFN3. The zero-order chi connectivity index (χ0) is 10.6. The lowest BCUT2D eigenvalue weighted by molar-refractivity contribution is 0.628. The van der Waals surface area contributed by atoms with E-state index in [2.05, 4.69) is 5.32 Å². The number of anilines is 1. The maximum Gasteiger partial charge on any atom is 0.141 e. The number of halogens is 2. The van der Waals surface area contributed by atoms with Crippen molar-refractivity contribution in [1.29, 1.82) is 5.41 Å². The molecule has 0 saturated carbocycles. The minimum atomic E-state index is -0.465. The van der Waals surface area contributed by atoms with Gasteiger partial charge in [-0.1, -0.05) is 11.6 Å². The summed E-state index contributed by atoms with van der Waals surface area (Å²) < 4.78 is 12.7. The Labute approximate surface area is 85.9 Å². The van der Waals surface area contributed by atoms with Gasteiger partial charge in [0.15, 0.2) is 0 Å². The van der Waals surface area contributed by atoms with E-state index < -0.39 is 5.82 Å². The van der Waals surface area contributed by atoms with E-state index in [9.17, 15) is 4.39 Å². The van der Waals surface area contributed by atoms with Crippen molar-refractivity contribution < 1.29 is 4.39 Å². The van der Waals surface area contributed by atoms with Crippen LogP contribution in [0, 0.1) is 11.2 Å². The molecule has 0 radical (unpaired) electrons. The van der Waals surface area contributed by atoms with E-state index in [-0.39, 0.29) is 10.9 Å². The Kier molecular flexibility index (Phi) is 3.48. The van der Waals surface area contributed by atoms with Crippen molar-refractivity contribution >= 4 is 23.1 Å². The third-order valence-electron chi connectivity index (χ3n) is 1.43. The predicted molar refractivity (Wildman–Crippen MR) is 56.1 cm³/mol. The quantitative estimate of drug-likeness (QED) is 0.533. The first-order valence-electron chi connectivity index (χ1n) is 3.82. The zero-order valence-electron chi connectivity index (χ0n) is 7.22. The fourth-order valence-corrected chi connectivity index (χ4v) is 0.994. The second-order valence-corrected chi connectivity index (χ2v) is 2.97. The molecule has 4 N–H and O–H groups in total. The van der Waals surface area contributed by atoms with Crippen molar-refractivity contribution in [3.8, 4) is 0 Å². The summed E-state index contributed by atoms with van der Waals surface area (Å²) in [4.78, 5) is 0. The van der Waals surface area contributed by atoms with Gasteiger partial charge >= 0.3 is 0 Å². The Morgan fingerprint density at radius 2 is 2.29 bits per heavy atom. The Morgan fingerprint density at radius 1 is 1.57 bits per heavy atom. The summed E-state index contributed by atoms with van der Waals surface area (Å²) >= 11 is 5.55. The van der Waals surface area contributed by atoms with Crippen LogP contribution in [0.25, 0.3) is 0 Å². The number of hydrogen-bond acceptors (Lipinski definition) is 2. The summed E-state index contributed by atoms with van der Waals surface area (Å²) in [5.41, 5.74) is 5.71. The highest BCUT2D eigenvalue weighted by atomic mass is 35.5. The average molecular weight is 214 g/mol. The van der Waals surface area contributed by atoms with E-state index in [0.29, 0.717) is 5.69 Å². The highest BCUT2D eigenvalue weighted by Gasteiger charge is 1.98. The molecule has 14 heavy (non-hydrogen) atoms. The molecule has 74 valence electrons. The number of benzene rings is 1. The summed E-state index contributed by atoms with van der Waals surface area (Å²) in [5, 5.41) is 9.74. The summed E-state index contributed by atoms with van der Waals surface area (Å²) in [6.45, 7) is 0. The molecule has 0 saturated heterocycles. The number of hydrogen-bond donors (Lipinski definition) is 3. The summed E-state index contributed by atoms with van der Waals surface area (Å²) in [7, 11) is 0. The Hall–Kier alpha value is -1.55. The van der Waals surface area contributed by atoms with Crippen molar-refractivity contribution in [3.63, 3.8) is 0 Å². The molecule has 1 aromatic rings. The van der Waals surface area contributed by atoms with Crippen LogP contribution in [0.15, 0.2) is 30.5 Å². The molecule has 0 unspecified atom stereocenters. The molecule has 0 atom stereocenters. The maximum atomic E-state index is 12.7. The third kappa shape index (κ3) is 3.06. The second-order valence-electron chi connectivity index (χ2n) is 2.56. The van der Waals surface area contributed by atoms with E-state index in [1.807, 2.05) is 0 Å². The first-order chi connectivity index (χ1) is 6.59. The number of rotatable bonds is 3. The predicted octanol–water partition coefficient (Wildman–Crippen LogP) is 2.34. The van der Waals surface area contributed by atoms with Crippen LogP contribution >= 0.6 is 11.6 Å². The van der Waals surface area contributed by atoms with Gasteiger partial charge in [0, 0.05) is 11.9 Å². The Balaban J connectivity index is 2.69. The molecule has 5 heteroatoms. The molecule has 0 spiro atoms. The van der Waals surface area contributed by atoms with E-state index in [0.717, 1.165) is 0 Å². The topological polar surface area (TPSA) is 61.9 Å². The molecule has 0 aromatic heterocycles. The van der Waals surface area contributed by atoms with Crippen molar-refractivity contribution in [2.75, 3.05) is 5.32 Å². The lowest BCUT2D eigenvalue weighted by atomic mass is 10.3. The number of amidine groups is 1. The molecule has 1 aromatic carbocycles. The smallest absolute Gasteiger partial charge is 0.141 e. The first-order valence-corrected chi connectivity index (χ1v) is 4.19. The molecule has 0 amide bonds. The van der Waals surface area contributed by atoms with Gasteiger partial charge in [0.2, 0.25) is 0 Å². The Bertz CT molecular complexity index is 376. The summed E-state index contributed by atoms with van der Waals surface area (Å²) in [6.07, 6.45) is 2.85. The van der Waals surface area contributed by atoms with Crippen LogP contribution in [0.3, 0.4) is 0 Å². The van der Waals surface area contributed by atoms with Gasteiger partial charge in [0.05, 0.1) is 5.02 Å². The largest absolute Gasteiger partial charge is 0.384 e. The zero-order valence-corrected chi connectivity index (χ0v) is 7.98. The maximum absolute atomic E-state index is 12.7. The van der Waals surface area contributed by atoms with Gasteiger partial charge in [0.1, 0.15) is 11.7 Å². The van der Waals surface area contributed by atoms with Crippen LogP contribution in [0.1, 0.15) is 0 Å². The normalized spacial score (nSPS) is 10.4. The van der Waals surface area contributed by atoms with Gasteiger partial charge in [-0.25, -0.2) is 4.39 Å². The van der Waals surface area contributed by atoms with Crippen LogP contribution in [0.2, 0.25) is 5.02 Å². The van der Waals surface area contributed by atoms with E-state index in [1.54, 1.807) is 0 Å². The van der Waals surface area contributed by atoms with Crippen LogP contribution in [0.5, 0.6) is 0 Å². The van der Waals surface area contributed by atoms with Crippen LogP contribution in [-0.4, -0.2) is 5.84 Å². The van der Waals surface area contributed by atoms with Crippen molar-refractivity contribution in [3.05, 3.63) is 41.3 Å². The lowest BCUT2D eigenvalue weighted by Gasteiger charge is -2.01. The fourth-order valence-electron chi connectivity index (χ4n) is 0.814. The minimum absolute atomic E-state index is 0.0474. The van der Waals surface area contributed by atoms with E-state index in [4.69, 9.17) is 22.7 Å². The van der Waals surface area contributed by atoms with Crippen molar-refractivity contribution in [2.24, 2.45) is 5.73 Å². The van der Waals surface area contributed by atoms with Crippen LogP contribution in [0.4, 0.5) is 10.1 Å². The van der Waals surface area contributed by atoms with E-state index >= 15 is 0 Å². The average Bonchev–Trinajstić information content (AvgIpc) is 2.10. The molecule has 0 aliphatic heterocycles. The number of nitrogens with two attached hydrogens (primary N) is 1. The molecule has 1 rings (SSSR count). The first kappa shape index (κ1) is 10.5.